The molecular weight excluding hydrogens is 218 g/mol. The van der Waals surface area contributed by atoms with Gasteiger partial charge < -0.3 is 5.32 Å². The summed E-state index contributed by atoms with van der Waals surface area (Å²) in [6.45, 7) is 5.94. The van der Waals surface area contributed by atoms with Crippen LogP contribution in [0.15, 0.2) is 24.3 Å². The minimum Gasteiger partial charge on any atom is -0.311 e. The normalized spacial score (nSPS) is 27.9. The molecule has 1 aromatic rings. The molecule has 1 heterocycles. The van der Waals surface area contributed by atoms with Gasteiger partial charge in [-0.1, -0.05) is 38.1 Å². The third-order valence-electron chi connectivity index (χ3n) is 4.96. The summed E-state index contributed by atoms with van der Waals surface area (Å²) in [5.74, 6) is 1.58. The first-order valence-electron chi connectivity index (χ1n) is 7.54. The van der Waals surface area contributed by atoms with E-state index in [0.717, 1.165) is 5.92 Å². The SMILES string of the molecule is CC(C)C1(Cc2ccccc2C2CC2)CCCN1. The Morgan fingerprint density at radius 1 is 1.28 bits per heavy atom. The lowest BCUT2D eigenvalue weighted by molar-refractivity contribution is 0.269. The van der Waals surface area contributed by atoms with Crippen molar-refractivity contribution < 1.29 is 0 Å². The van der Waals surface area contributed by atoms with Gasteiger partial charge in [0.2, 0.25) is 0 Å². The average molecular weight is 243 g/mol. The predicted octanol–water partition coefficient (Wildman–Crippen LogP) is 3.88. The number of hydrogen-bond donors (Lipinski definition) is 1. The van der Waals surface area contributed by atoms with Crippen LogP contribution in [0.25, 0.3) is 0 Å². The number of hydrogen-bond acceptors (Lipinski definition) is 1. The molecule has 0 bridgehead atoms. The molecule has 1 saturated carbocycles. The van der Waals surface area contributed by atoms with Gasteiger partial charge >= 0.3 is 0 Å². The highest BCUT2D eigenvalue weighted by atomic mass is 15.0. The van der Waals surface area contributed by atoms with Crippen molar-refractivity contribution in [1.29, 1.82) is 0 Å². The van der Waals surface area contributed by atoms with Crippen molar-refractivity contribution in [1.82, 2.24) is 5.32 Å². The van der Waals surface area contributed by atoms with Crippen LogP contribution >= 0.6 is 0 Å². The third kappa shape index (κ3) is 2.21. The molecule has 0 radical (unpaired) electrons. The Hall–Kier alpha value is -0.820. The van der Waals surface area contributed by atoms with Gasteiger partial charge in [0.25, 0.3) is 0 Å². The zero-order valence-corrected chi connectivity index (χ0v) is 11.7. The Labute approximate surface area is 111 Å². The highest BCUT2D eigenvalue weighted by Crippen LogP contribution is 2.43. The number of rotatable bonds is 4. The Morgan fingerprint density at radius 2 is 2.06 bits per heavy atom. The van der Waals surface area contributed by atoms with Crippen LogP contribution < -0.4 is 5.32 Å². The molecule has 1 unspecified atom stereocenters. The minimum atomic E-state index is 0.352. The first kappa shape index (κ1) is 12.2. The summed E-state index contributed by atoms with van der Waals surface area (Å²) in [4.78, 5) is 0. The lowest BCUT2D eigenvalue weighted by atomic mass is 9.78. The van der Waals surface area contributed by atoms with Crippen LogP contribution in [0, 0.1) is 5.92 Å². The van der Waals surface area contributed by atoms with Gasteiger partial charge in [-0.05, 0) is 61.6 Å². The smallest absolute Gasteiger partial charge is 0.0245 e. The molecule has 1 aliphatic carbocycles. The second-order valence-electron chi connectivity index (χ2n) is 6.49. The molecule has 1 nitrogen and oxygen atoms in total. The van der Waals surface area contributed by atoms with E-state index < -0.39 is 0 Å². The fraction of sp³-hybridized carbons (Fsp3) is 0.647. The van der Waals surface area contributed by atoms with Crippen molar-refractivity contribution in [2.45, 2.75) is 57.4 Å². The van der Waals surface area contributed by atoms with Crippen molar-refractivity contribution in [3.05, 3.63) is 35.4 Å². The van der Waals surface area contributed by atoms with Crippen molar-refractivity contribution in [3.8, 4) is 0 Å². The van der Waals surface area contributed by atoms with E-state index in [9.17, 15) is 0 Å². The van der Waals surface area contributed by atoms with Gasteiger partial charge in [-0.2, -0.15) is 0 Å². The molecular formula is C17H25N. The number of benzene rings is 1. The van der Waals surface area contributed by atoms with Crippen molar-refractivity contribution in [3.63, 3.8) is 0 Å². The van der Waals surface area contributed by atoms with Gasteiger partial charge in [0.15, 0.2) is 0 Å². The van der Waals surface area contributed by atoms with E-state index in [1.165, 1.54) is 38.6 Å². The molecule has 2 fully saturated rings. The molecule has 2 aliphatic rings. The average Bonchev–Trinajstić information content (AvgIpc) is 3.10. The van der Waals surface area contributed by atoms with Crippen LogP contribution in [0.1, 0.15) is 56.6 Å². The van der Waals surface area contributed by atoms with E-state index in [1.54, 1.807) is 11.1 Å². The standard InChI is InChI=1S/C17H25N/c1-13(2)17(10-5-11-18-17)12-15-6-3-4-7-16(15)14-8-9-14/h3-4,6-7,13-14,18H,5,8-12H2,1-2H3. The van der Waals surface area contributed by atoms with Crippen LogP contribution in [0.5, 0.6) is 0 Å². The molecule has 1 N–H and O–H groups in total. The second kappa shape index (κ2) is 4.70. The van der Waals surface area contributed by atoms with E-state index in [2.05, 4.69) is 43.4 Å². The van der Waals surface area contributed by atoms with Gasteiger partial charge in [-0.25, -0.2) is 0 Å². The largest absolute Gasteiger partial charge is 0.311 e. The summed E-state index contributed by atoms with van der Waals surface area (Å²) in [7, 11) is 0. The third-order valence-corrected chi connectivity index (χ3v) is 4.96. The van der Waals surface area contributed by atoms with E-state index in [4.69, 9.17) is 0 Å². The summed E-state index contributed by atoms with van der Waals surface area (Å²) in [6, 6.07) is 9.14. The van der Waals surface area contributed by atoms with Crippen LogP contribution in [0.4, 0.5) is 0 Å². The second-order valence-corrected chi connectivity index (χ2v) is 6.49. The topological polar surface area (TPSA) is 12.0 Å². The zero-order chi connectivity index (χ0) is 12.6. The molecule has 1 saturated heterocycles. The first-order chi connectivity index (χ1) is 8.71. The molecule has 1 aromatic carbocycles. The molecule has 18 heavy (non-hydrogen) atoms. The first-order valence-corrected chi connectivity index (χ1v) is 7.54. The highest BCUT2D eigenvalue weighted by molar-refractivity contribution is 5.35. The molecule has 98 valence electrons. The van der Waals surface area contributed by atoms with Crippen molar-refractivity contribution in [2.24, 2.45) is 5.92 Å². The lowest BCUT2D eigenvalue weighted by Crippen LogP contribution is -2.46. The zero-order valence-electron chi connectivity index (χ0n) is 11.7. The maximum absolute atomic E-state index is 3.80. The van der Waals surface area contributed by atoms with E-state index in [0.29, 0.717) is 11.5 Å². The Balaban J connectivity index is 1.86. The van der Waals surface area contributed by atoms with Gasteiger partial charge in [0.05, 0.1) is 0 Å². The Bertz CT molecular complexity index is 411. The summed E-state index contributed by atoms with van der Waals surface area (Å²) >= 11 is 0. The van der Waals surface area contributed by atoms with Crippen LogP contribution in [0.3, 0.4) is 0 Å². The Morgan fingerprint density at radius 3 is 2.67 bits per heavy atom. The van der Waals surface area contributed by atoms with E-state index >= 15 is 0 Å². The van der Waals surface area contributed by atoms with E-state index in [-0.39, 0.29) is 0 Å². The fourth-order valence-electron chi connectivity index (χ4n) is 3.51. The summed E-state index contributed by atoms with van der Waals surface area (Å²) < 4.78 is 0. The van der Waals surface area contributed by atoms with Gasteiger partial charge in [0.1, 0.15) is 0 Å². The highest BCUT2D eigenvalue weighted by Gasteiger charge is 2.37. The monoisotopic (exact) mass is 243 g/mol. The quantitative estimate of drug-likeness (QED) is 0.846. The predicted molar refractivity (Wildman–Crippen MR) is 76.9 cm³/mol. The molecule has 0 amide bonds. The summed E-state index contributed by atoms with van der Waals surface area (Å²) in [6.07, 6.45) is 6.70. The summed E-state index contributed by atoms with van der Waals surface area (Å²) in [5.41, 5.74) is 3.58. The van der Waals surface area contributed by atoms with Crippen molar-refractivity contribution in [2.75, 3.05) is 6.54 Å². The van der Waals surface area contributed by atoms with Gasteiger partial charge in [-0.3, -0.25) is 0 Å². The molecule has 3 rings (SSSR count). The lowest BCUT2D eigenvalue weighted by Gasteiger charge is -2.35. The van der Waals surface area contributed by atoms with E-state index in [1.807, 2.05) is 0 Å². The van der Waals surface area contributed by atoms with Crippen molar-refractivity contribution >= 4 is 0 Å². The fourth-order valence-corrected chi connectivity index (χ4v) is 3.51. The molecule has 1 aliphatic heterocycles. The molecule has 0 aromatic heterocycles. The van der Waals surface area contributed by atoms with Crippen LogP contribution in [-0.4, -0.2) is 12.1 Å². The number of nitrogens with one attached hydrogen (secondary N) is 1. The minimum absolute atomic E-state index is 0.352. The maximum atomic E-state index is 3.80. The van der Waals surface area contributed by atoms with Crippen LogP contribution in [-0.2, 0) is 6.42 Å². The van der Waals surface area contributed by atoms with Gasteiger partial charge in [-0.15, -0.1) is 0 Å². The maximum Gasteiger partial charge on any atom is 0.0245 e. The van der Waals surface area contributed by atoms with Gasteiger partial charge in [0, 0.05) is 5.54 Å². The van der Waals surface area contributed by atoms with Crippen LogP contribution in [0.2, 0.25) is 0 Å². The molecule has 0 spiro atoms. The molecule has 1 atom stereocenters. The molecule has 1 heteroatoms. The Kier molecular flexibility index (Phi) is 3.19. The summed E-state index contributed by atoms with van der Waals surface area (Å²) in [5, 5.41) is 3.80.